The highest BCUT2D eigenvalue weighted by Gasteiger charge is 2.30. The van der Waals surface area contributed by atoms with E-state index >= 15 is 0 Å². The zero-order valence-electron chi connectivity index (χ0n) is 13.0. The van der Waals surface area contributed by atoms with E-state index in [0.717, 1.165) is 19.3 Å². The normalized spacial score (nSPS) is 12.1. The van der Waals surface area contributed by atoms with Crippen molar-refractivity contribution in [2.45, 2.75) is 59.0 Å². The fourth-order valence-corrected chi connectivity index (χ4v) is 1.43. The maximum absolute atomic E-state index is 9.70. The van der Waals surface area contributed by atoms with Gasteiger partial charge in [-0.2, -0.15) is 0 Å². The van der Waals surface area contributed by atoms with Gasteiger partial charge in [-0.05, 0) is 39.0 Å². The van der Waals surface area contributed by atoms with Gasteiger partial charge in [0.25, 0.3) is 0 Å². The monoisotopic (exact) mass is 282 g/mol. The van der Waals surface area contributed by atoms with Crippen LogP contribution in [0.2, 0.25) is 0 Å². The third-order valence-electron chi connectivity index (χ3n) is 2.26. The summed E-state index contributed by atoms with van der Waals surface area (Å²) in [5, 5.41) is 9.70. The minimum atomic E-state index is -1.41. The zero-order chi connectivity index (χ0) is 15.3. The Morgan fingerprint density at radius 1 is 0.950 bits per heavy atom. The van der Waals surface area contributed by atoms with Crippen LogP contribution in [0, 0.1) is 23.7 Å². The van der Waals surface area contributed by atoms with Crippen LogP contribution in [-0.4, -0.2) is 37.0 Å². The van der Waals surface area contributed by atoms with Crippen LogP contribution in [-0.2, 0) is 14.2 Å². The van der Waals surface area contributed by atoms with Gasteiger partial charge in [-0.25, -0.2) is 0 Å². The van der Waals surface area contributed by atoms with E-state index in [1.54, 1.807) is 0 Å². The molecule has 0 rings (SSSR count). The van der Waals surface area contributed by atoms with Crippen molar-refractivity contribution in [1.82, 2.24) is 0 Å². The van der Waals surface area contributed by atoms with Gasteiger partial charge in [0.2, 0.25) is 0 Å². The van der Waals surface area contributed by atoms with Crippen molar-refractivity contribution in [2.75, 3.05) is 19.8 Å². The molecule has 0 aliphatic heterocycles. The van der Waals surface area contributed by atoms with Gasteiger partial charge in [0.15, 0.2) is 6.10 Å². The molecule has 0 amide bonds. The molecule has 0 spiro atoms. The molecule has 0 bridgehead atoms. The van der Waals surface area contributed by atoms with E-state index in [9.17, 15) is 5.11 Å². The first-order valence-corrected chi connectivity index (χ1v) is 7.25. The Bertz CT molecular complexity index is 339. The lowest BCUT2D eigenvalue weighted by molar-refractivity contribution is -0.339. The second-order valence-corrected chi connectivity index (χ2v) is 3.95. The standard InChI is InChI=1S/C16H26O4/c1-5-9-10-11-12-15(17)13-14-16(18-6-2,19-7-3)20-8-4/h15,17H,5-10H2,1-4H3. The summed E-state index contributed by atoms with van der Waals surface area (Å²) in [5.74, 6) is 9.48. The maximum Gasteiger partial charge on any atom is 0.353 e. The molecule has 1 atom stereocenters. The lowest BCUT2D eigenvalue weighted by atomic mass is 10.2. The molecule has 114 valence electrons. The molecule has 4 heteroatoms. The lowest BCUT2D eigenvalue weighted by Crippen LogP contribution is -2.38. The highest BCUT2D eigenvalue weighted by molar-refractivity contribution is 5.21. The van der Waals surface area contributed by atoms with Crippen LogP contribution in [0.25, 0.3) is 0 Å². The fourth-order valence-electron chi connectivity index (χ4n) is 1.43. The van der Waals surface area contributed by atoms with Crippen molar-refractivity contribution in [3.63, 3.8) is 0 Å². The number of ether oxygens (including phenoxy) is 3. The summed E-state index contributed by atoms with van der Waals surface area (Å²) in [6.45, 7) is 8.77. The van der Waals surface area contributed by atoms with Gasteiger partial charge in [0.1, 0.15) is 0 Å². The Labute approximate surface area is 122 Å². The lowest BCUT2D eigenvalue weighted by Gasteiger charge is -2.26. The number of hydrogen-bond acceptors (Lipinski definition) is 4. The molecule has 0 aromatic carbocycles. The second-order valence-electron chi connectivity index (χ2n) is 3.95. The maximum atomic E-state index is 9.70. The molecule has 0 heterocycles. The summed E-state index contributed by atoms with van der Waals surface area (Å²) in [6, 6.07) is 0. The smallest absolute Gasteiger partial charge is 0.353 e. The van der Waals surface area contributed by atoms with Crippen molar-refractivity contribution in [3.8, 4) is 23.7 Å². The summed E-state index contributed by atoms with van der Waals surface area (Å²) >= 11 is 0. The Hall–Kier alpha value is -1.04. The van der Waals surface area contributed by atoms with Crippen LogP contribution >= 0.6 is 0 Å². The molecule has 4 nitrogen and oxygen atoms in total. The first kappa shape index (κ1) is 19.0. The van der Waals surface area contributed by atoms with Gasteiger partial charge < -0.3 is 19.3 Å². The summed E-state index contributed by atoms with van der Waals surface area (Å²) < 4.78 is 16.3. The molecule has 20 heavy (non-hydrogen) atoms. The third kappa shape index (κ3) is 8.19. The van der Waals surface area contributed by atoms with E-state index in [0.29, 0.717) is 19.8 Å². The highest BCUT2D eigenvalue weighted by Crippen LogP contribution is 2.14. The van der Waals surface area contributed by atoms with Gasteiger partial charge in [-0.3, -0.25) is 0 Å². The van der Waals surface area contributed by atoms with Gasteiger partial charge in [0.05, 0.1) is 19.8 Å². The highest BCUT2D eigenvalue weighted by atomic mass is 16.9. The van der Waals surface area contributed by atoms with Crippen LogP contribution in [0.3, 0.4) is 0 Å². The van der Waals surface area contributed by atoms with Crippen molar-refractivity contribution in [3.05, 3.63) is 0 Å². The third-order valence-corrected chi connectivity index (χ3v) is 2.26. The second kappa shape index (κ2) is 11.8. The predicted molar refractivity (Wildman–Crippen MR) is 78.7 cm³/mol. The average Bonchev–Trinajstić information content (AvgIpc) is 2.42. The molecule has 0 saturated heterocycles. The molecule has 1 unspecified atom stereocenters. The van der Waals surface area contributed by atoms with Crippen molar-refractivity contribution < 1.29 is 19.3 Å². The van der Waals surface area contributed by atoms with E-state index in [1.807, 2.05) is 20.8 Å². The topological polar surface area (TPSA) is 47.9 Å². The molecule has 0 saturated carbocycles. The van der Waals surface area contributed by atoms with E-state index in [-0.39, 0.29) is 0 Å². The molecule has 0 fully saturated rings. The minimum absolute atomic E-state index is 0.396. The van der Waals surface area contributed by atoms with Gasteiger partial charge >= 0.3 is 5.97 Å². The molecule has 0 aromatic rings. The Morgan fingerprint density at radius 3 is 1.95 bits per heavy atom. The van der Waals surface area contributed by atoms with Gasteiger partial charge in [0, 0.05) is 6.42 Å². The van der Waals surface area contributed by atoms with E-state index in [4.69, 9.17) is 14.2 Å². The SMILES string of the molecule is CCCCC#CC(O)C#CC(OCC)(OCC)OCC. The quantitative estimate of drug-likeness (QED) is 0.421. The van der Waals surface area contributed by atoms with E-state index < -0.39 is 12.1 Å². The first-order valence-electron chi connectivity index (χ1n) is 7.25. The number of rotatable bonds is 8. The Balaban J connectivity index is 4.76. The zero-order valence-corrected chi connectivity index (χ0v) is 13.0. The van der Waals surface area contributed by atoms with Crippen LogP contribution in [0.15, 0.2) is 0 Å². The molecule has 0 aromatic heterocycles. The Morgan fingerprint density at radius 2 is 1.50 bits per heavy atom. The molecule has 1 N–H and O–H groups in total. The number of hydrogen-bond donors (Lipinski definition) is 1. The summed E-state index contributed by atoms with van der Waals surface area (Å²) in [4.78, 5) is 0. The van der Waals surface area contributed by atoms with Crippen molar-refractivity contribution in [1.29, 1.82) is 0 Å². The molecule has 0 aliphatic rings. The Kier molecular flexibility index (Phi) is 11.1. The molecular formula is C16H26O4. The van der Waals surface area contributed by atoms with Crippen LogP contribution < -0.4 is 0 Å². The average molecular weight is 282 g/mol. The fraction of sp³-hybridized carbons (Fsp3) is 0.750. The minimum Gasteiger partial charge on any atom is -0.369 e. The molecule has 0 aliphatic carbocycles. The summed E-state index contributed by atoms with van der Waals surface area (Å²) in [5.41, 5.74) is 0. The predicted octanol–water partition coefficient (Wildman–Crippen LogP) is 2.31. The van der Waals surface area contributed by atoms with Crippen LogP contribution in [0.4, 0.5) is 0 Å². The molecular weight excluding hydrogens is 256 g/mol. The number of unbranched alkanes of at least 4 members (excludes halogenated alkanes) is 2. The summed E-state index contributed by atoms with van der Waals surface area (Å²) in [6.07, 6.45) is 1.85. The molecule has 0 radical (unpaired) electrons. The number of aliphatic hydroxyl groups is 1. The van der Waals surface area contributed by atoms with Crippen LogP contribution in [0.5, 0.6) is 0 Å². The van der Waals surface area contributed by atoms with Crippen molar-refractivity contribution >= 4 is 0 Å². The van der Waals surface area contributed by atoms with Gasteiger partial charge in [-0.1, -0.05) is 25.2 Å². The van der Waals surface area contributed by atoms with Crippen LogP contribution in [0.1, 0.15) is 47.0 Å². The van der Waals surface area contributed by atoms with E-state index in [2.05, 4.69) is 30.6 Å². The number of aliphatic hydroxyl groups excluding tert-OH is 1. The summed E-state index contributed by atoms with van der Waals surface area (Å²) in [7, 11) is 0. The van der Waals surface area contributed by atoms with Gasteiger partial charge in [-0.15, -0.1) is 0 Å². The largest absolute Gasteiger partial charge is 0.369 e. The van der Waals surface area contributed by atoms with E-state index in [1.165, 1.54) is 0 Å². The van der Waals surface area contributed by atoms with Crippen molar-refractivity contribution in [2.24, 2.45) is 0 Å². The first-order chi connectivity index (χ1) is 9.64.